The van der Waals surface area contributed by atoms with Gasteiger partial charge in [-0.2, -0.15) is 0 Å². The van der Waals surface area contributed by atoms with Crippen LogP contribution in [0.1, 0.15) is 37.4 Å². The molecule has 0 saturated carbocycles. The van der Waals surface area contributed by atoms with Crippen LogP contribution in [-0.4, -0.2) is 33.6 Å². The maximum Gasteiger partial charge on any atom is 0.137 e. The molecule has 3 rings (SSSR count). The van der Waals surface area contributed by atoms with Crippen molar-refractivity contribution in [3.63, 3.8) is 0 Å². The van der Waals surface area contributed by atoms with Crippen molar-refractivity contribution < 1.29 is 4.74 Å². The number of nitrogens with one attached hydrogen (secondary N) is 1. The third-order valence-electron chi connectivity index (χ3n) is 4.28. The van der Waals surface area contributed by atoms with Gasteiger partial charge in [-0.1, -0.05) is 17.4 Å². The molecule has 122 valence electrons. The minimum absolute atomic E-state index is 0.0135. The largest absolute Gasteiger partial charge is 0.495 e. The van der Waals surface area contributed by atoms with E-state index in [0.29, 0.717) is 0 Å². The number of methoxy groups -OCH3 is 1. The van der Waals surface area contributed by atoms with Gasteiger partial charge in [-0.15, -0.1) is 5.10 Å². The van der Waals surface area contributed by atoms with E-state index in [9.17, 15) is 0 Å². The molecule has 1 fully saturated rings. The summed E-state index contributed by atoms with van der Waals surface area (Å²) in [6.45, 7) is 4.07. The zero-order chi connectivity index (χ0) is 16.1. The Kier molecular flexibility index (Phi) is 4.71. The Balaban J connectivity index is 1.54. The van der Waals surface area contributed by atoms with Gasteiger partial charge in [-0.25, -0.2) is 0 Å². The van der Waals surface area contributed by atoms with Crippen molar-refractivity contribution >= 4 is 6.08 Å². The summed E-state index contributed by atoms with van der Waals surface area (Å²) < 4.78 is 7.08. The number of ether oxygens (including phenoxy) is 1. The Morgan fingerprint density at radius 1 is 1.43 bits per heavy atom. The molecule has 0 aliphatic carbocycles. The molecule has 0 bridgehead atoms. The van der Waals surface area contributed by atoms with Gasteiger partial charge < -0.3 is 10.1 Å². The van der Waals surface area contributed by atoms with Gasteiger partial charge in [0.1, 0.15) is 11.4 Å². The number of hydrogen-bond acceptors (Lipinski definition) is 5. The summed E-state index contributed by atoms with van der Waals surface area (Å²) in [5, 5.41) is 12.1. The molecule has 1 aliphatic heterocycles. The summed E-state index contributed by atoms with van der Waals surface area (Å²) in [6, 6.07) is 1.96. The average molecular weight is 313 g/mol. The molecule has 0 unspecified atom stereocenters. The number of nitrogens with zero attached hydrogens (tertiary/aromatic N) is 4. The maximum atomic E-state index is 5.17. The summed E-state index contributed by atoms with van der Waals surface area (Å²) in [6.07, 6.45) is 12.9. The van der Waals surface area contributed by atoms with Gasteiger partial charge in [0.15, 0.2) is 0 Å². The van der Waals surface area contributed by atoms with Crippen molar-refractivity contribution in [3.8, 4) is 5.75 Å². The van der Waals surface area contributed by atoms with Crippen LogP contribution >= 0.6 is 0 Å². The van der Waals surface area contributed by atoms with Crippen LogP contribution in [-0.2, 0) is 12.1 Å². The normalized spacial score (nSPS) is 21.1. The van der Waals surface area contributed by atoms with Crippen molar-refractivity contribution in [3.05, 3.63) is 42.0 Å². The monoisotopic (exact) mass is 313 g/mol. The van der Waals surface area contributed by atoms with Gasteiger partial charge >= 0.3 is 0 Å². The second-order valence-corrected chi connectivity index (χ2v) is 6.08. The lowest BCUT2D eigenvalue weighted by Crippen LogP contribution is -2.33. The fourth-order valence-electron chi connectivity index (χ4n) is 2.84. The first-order valence-corrected chi connectivity index (χ1v) is 8.01. The molecule has 0 aromatic carbocycles. The first-order valence-electron chi connectivity index (χ1n) is 8.01. The summed E-state index contributed by atoms with van der Waals surface area (Å²) in [4.78, 5) is 4.14. The molecule has 0 spiro atoms. The predicted octanol–water partition coefficient (Wildman–Crippen LogP) is 2.38. The lowest BCUT2D eigenvalue weighted by molar-refractivity contribution is 0.413. The zero-order valence-electron chi connectivity index (χ0n) is 13.7. The lowest BCUT2D eigenvalue weighted by Gasteiger charge is -2.20. The van der Waals surface area contributed by atoms with Gasteiger partial charge in [0.2, 0.25) is 0 Å². The fourth-order valence-corrected chi connectivity index (χ4v) is 2.84. The summed E-state index contributed by atoms with van der Waals surface area (Å²) >= 11 is 0. The molecule has 2 aromatic heterocycles. The van der Waals surface area contributed by atoms with Crippen molar-refractivity contribution in [2.75, 3.05) is 13.7 Å². The molecule has 1 N–H and O–H groups in total. The van der Waals surface area contributed by atoms with Crippen molar-refractivity contribution in [2.45, 2.75) is 38.3 Å². The average Bonchev–Trinajstić information content (AvgIpc) is 3.22. The minimum atomic E-state index is -0.0135. The Labute approximate surface area is 136 Å². The molecule has 1 atom stereocenters. The number of aryl methyl sites for hydroxylation is 1. The molecule has 3 heterocycles. The molecule has 6 heteroatoms. The smallest absolute Gasteiger partial charge is 0.137 e. The van der Waals surface area contributed by atoms with E-state index in [4.69, 9.17) is 4.74 Å². The van der Waals surface area contributed by atoms with Crippen LogP contribution in [0.25, 0.3) is 6.08 Å². The zero-order valence-corrected chi connectivity index (χ0v) is 13.7. The van der Waals surface area contributed by atoms with Crippen LogP contribution in [0.5, 0.6) is 5.75 Å². The van der Waals surface area contributed by atoms with Crippen molar-refractivity contribution in [1.29, 1.82) is 0 Å². The highest BCUT2D eigenvalue weighted by molar-refractivity contribution is 5.49. The van der Waals surface area contributed by atoms with Crippen molar-refractivity contribution in [2.24, 2.45) is 0 Å². The van der Waals surface area contributed by atoms with Gasteiger partial charge in [-0.05, 0) is 44.4 Å². The molecular formula is C17H23N5O. The van der Waals surface area contributed by atoms with E-state index in [1.807, 2.05) is 23.0 Å². The first kappa shape index (κ1) is 15.7. The van der Waals surface area contributed by atoms with E-state index in [2.05, 4.69) is 39.8 Å². The molecule has 1 saturated heterocycles. The van der Waals surface area contributed by atoms with Crippen LogP contribution in [0, 0.1) is 0 Å². The molecule has 2 aromatic rings. The van der Waals surface area contributed by atoms with E-state index < -0.39 is 0 Å². The predicted molar refractivity (Wildman–Crippen MR) is 89.1 cm³/mol. The Hall–Kier alpha value is -2.21. The molecular weight excluding hydrogens is 290 g/mol. The molecule has 0 radical (unpaired) electrons. The minimum Gasteiger partial charge on any atom is -0.495 e. The fraction of sp³-hybridized carbons (Fsp3) is 0.471. The van der Waals surface area contributed by atoms with Gasteiger partial charge in [0.05, 0.1) is 25.0 Å². The molecule has 23 heavy (non-hydrogen) atoms. The Morgan fingerprint density at radius 3 is 3.13 bits per heavy atom. The summed E-state index contributed by atoms with van der Waals surface area (Å²) in [5.74, 6) is 0.769. The number of hydrogen-bond donors (Lipinski definition) is 1. The Bertz CT molecular complexity index is 673. The number of rotatable bonds is 6. The second-order valence-electron chi connectivity index (χ2n) is 6.08. The molecule has 0 amide bonds. The van der Waals surface area contributed by atoms with E-state index in [1.165, 1.54) is 6.42 Å². The maximum absolute atomic E-state index is 5.17. The molecule has 1 aliphatic rings. The standard InChI is InChI=1S/C17H23N5O/c1-17(7-5-8-19-17)16-13-22(21-20-16)9-4-3-6-14-10-15(23-2)12-18-11-14/h3,6,10-13,19H,4-5,7-9H2,1-2H3/b6-3+/t17-/m0/s1. The quantitative estimate of drug-likeness (QED) is 0.887. The number of allylic oxidation sites excluding steroid dienone is 1. The van der Waals surface area contributed by atoms with E-state index in [0.717, 1.165) is 42.9 Å². The first-order chi connectivity index (χ1) is 11.2. The van der Waals surface area contributed by atoms with Gasteiger partial charge in [0.25, 0.3) is 0 Å². The summed E-state index contributed by atoms with van der Waals surface area (Å²) in [7, 11) is 1.65. The van der Waals surface area contributed by atoms with E-state index >= 15 is 0 Å². The highest BCUT2D eigenvalue weighted by Crippen LogP contribution is 2.28. The second kappa shape index (κ2) is 6.91. The van der Waals surface area contributed by atoms with Crippen LogP contribution in [0.2, 0.25) is 0 Å². The molecule has 6 nitrogen and oxygen atoms in total. The highest BCUT2D eigenvalue weighted by atomic mass is 16.5. The van der Waals surface area contributed by atoms with Crippen LogP contribution in [0.15, 0.2) is 30.7 Å². The number of pyridine rings is 1. The van der Waals surface area contributed by atoms with E-state index in [-0.39, 0.29) is 5.54 Å². The van der Waals surface area contributed by atoms with Crippen molar-refractivity contribution in [1.82, 2.24) is 25.3 Å². The third-order valence-corrected chi connectivity index (χ3v) is 4.28. The highest BCUT2D eigenvalue weighted by Gasteiger charge is 2.32. The Morgan fingerprint density at radius 2 is 2.35 bits per heavy atom. The topological polar surface area (TPSA) is 64.9 Å². The van der Waals surface area contributed by atoms with Crippen LogP contribution in [0.3, 0.4) is 0 Å². The van der Waals surface area contributed by atoms with Gasteiger partial charge in [-0.3, -0.25) is 9.67 Å². The third kappa shape index (κ3) is 3.76. The number of aromatic nitrogens is 4. The lowest BCUT2D eigenvalue weighted by atomic mass is 9.97. The SMILES string of the molecule is COc1cncc(/C=C/CCn2cc([C@]3(C)CCCN3)nn2)c1. The van der Waals surface area contributed by atoms with Crippen LogP contribution in [0.4, 0.5) is 0 Å². The summed E-state index contributed by atoms with van der Waals surface area (Å²) in [5.41, 5.74) is 2.06. The van der Waals surface area contributed by atoms with E-state index in [1.54, 1.807) is 13.3 Å². The van der Waals surface area contributed by atoms with Crippen LogP contribution < -0.4 is 10.1 Å². The van der Waals surface area contributed by atoms with Gasteiger partial charge in [0, 0.05) is 12.7 Å².